The Bertz CT molecular complexity index is 1190. The van der Waals surface area contributed by atoms with E-state index in [1.807, 2.05) is 0 Å². The molecule has 4 aromatic carbocycles. The highest BCUT2D eigenvalue weighted by Crippen LogP contribution is 2.47. The Morgan fingerprint density at radius 2 is 1.16 bits per heavy atom. The lowest BCUT2D eigenvalue weighted by Crippen LogP contribution is -1.90. The summed E-state index contributed by atoms with van der Waals surface area (Å²) in [5, 5.41) is 2.69. The quantitative estimate of drug-likeness (QED) is 0.309. The Kier molecular flexibility index (Phi) is 2.48. The van der Waals surface area contributed by atoms with Crippen LogP contribution >= 0.6 is 0 Å². The molecule has 118 valence electrons. The molecule has 0 N–H and O–H groups in total. The van der Waals surface area contributed by atoms with Crippen LogP contribution in [0, 0.1) is 6.92 Å². The van der Waals surface area contributed by atoms with Gasteiger partial charge in [0.25, 0.3) is 0 Å². The molecular formula is C25H18. The smallest absolute Gasteiger partial charge is 0.00102 e. The van der Waals surface area contributed by atoms with Gasteiger partial charge < -0.3 is 0 Å². The average molecular weight is 318 g/mol. The minimum Gasteiger partial charge on any atom is -0.0616 e. The molecule has 2 aliphatic rings. The molecule has 0 atom stereocenters. The minimum absolute atomic E-state index is 1.08. The van der Waals surface area contributed by atoms with E-state index in [4.69, 9.17) is 0 Å². The first-order chi connectivity index (χ1) is 12.3. The molecule has 0 bridgehead atoms. The summed E-state index contributed by atoms with van der Waals surface area (Å²) >= 11 is 0. The second-order valence-electron chi connectivity index (χ2n) is 7.49. The third-order valence-corrected chi connectivity index (χ3v) is 5.98. The highest BCUT2D eigenvalue weighted by molar-refractivity contribution is 5.94. The summed E-state index contributed by atoms with van der Waals surface area (Å²) in [6.07, 6.45) is 2.16. The van der Waals surface area contributed by atoms with Gasteiger partial charge >= 0.3 is 0 Å². The van der Waals surface area contributed by atoms with Crippen molar-refractivity contribution < 1.29 is 0 Å². The summed E-state index contributed by atoms with van der Waals surface area (Å²) in [4.78, 5) is 0. The van der Waals surface area contributed by atoms with Gasteiger partial charge in [0, 0.05) is 0 Å². The van der Waals surface area contributed by atoms with Crippen LogP contribution in [0.4, 0.5) is 0 Å². The zero-order chi connectivity index (χ0) is 16.5. The summed E-state index contributed by atoms with van der Waals surface area (Å²) in [7, 11) is 0. The summed E-state index contributed by atoms with van der Waals surface area (Å²) in [6, 6.07) is 25.1. The van der Waals surface area contributed by atoms with Crippen LogP contribution < -0.4 is 0 Å². The molecule has 0 aromatic heterocycles. The van der Waals surface area contributed by atoms with Crippen molar-refractivity contribution in [3.63, 3.8) is 0 Å². The van der Waals surface area contributed by atoms with E-state index in [0.717, 1.165) is 12.8 Å². The molecule has 0 unspecified atom stereocenters. The fraction of sp³-hybridized carbons (Fsp3) is 0.120. The normalized spacial score (nSPS) is 13.5. The van der Waals surface area contributed by atoms with E-state index in [1.54, 1.807) is 11.1 Å². The van der Waals surface area contributed by atoms with Crippen molar-refractivity contribution in [3.8, 4) is 22.3 Å². The van der Waals surface area contributed by atoms with Crippen molar-refractivity contribution >= 4 is 10.8 Å². The van der Waals surface area contributed by atoms with Gasteiger partial charge in [0.15, 0.2) is 0 Å². The number of fused-ring (bicyclic) bond motifs is 8. The van der Waals surface area contributed by atoms with E-state index >= 15 is 0 Å². The largest absolute Gasteiger partial charge is 0.0616 e. The molecule has 0 aliphatic heterocycles. The lowest BCUT2D eigenvalue weighted by molar-refractivity contribution is 1.16. The average Bonchev–Trinajstić information content (AvgIpc) is 3.16. The molecule has 6 rings (SSSR count). The molecule has 0 saturated heterocycles. The first kappa shape index (κ1) is 13.4. The van der Waals surface area contributed by atoms with Gasteiger partial charge in [-0.3, -0.25) is 0 Å². The zero-order valence-electron chi connectivity index (χ0n) is 14.3. The molecule has 2 aliphatic carbocycles. The first-order valence-corrected chi connectivity index (χ1v) is 9.04. The van der Waals surface area contributed by atoms with Gasteiger partial charge in [0.1, 0.15) is 0 Å². The van der Waals surface area contributed by atoms with Crippen molar-refractivity contribution in [1.82, 2.24) is 0 Å². The molecule has 4 aromatic rings. The van der Waals surface area contributed by atoms with Crippen molar-refractivity contribution in [1.29, 1.82) is 0 Å². The van der Waals surface area contributed by atoms with Crippen LogP contribution in [0.15, 0.2) is 66.7 Å². The predicted molar refractivity (Wildman–Crippen MR) is 105 cm³/mol. The Morgan fingerprint density at radius 3 is 1.92 bits per heavy atom. The highest BCUT2D eigenvalue weighted by Gasteiger charge is 2.27. The van der Waals surface area contributed by atoms with Crippen LogP contribution in [0.1, 0.15) is 27.8 Å². The molecule has 0 spiro atoms. The van der Waals surface area contributed by atoms with Gasteiger partial charge in [-0.15, -0.1) is 0 Å². The molecule has 0 heteroatoms. The topological polar surface area (TPSA) is 0 Å². The van der Waals surface area contributed by atoms with Crippen LogP contribution in [0.3, 0.4) is 0 Å². The van der Waals surface area contributed by atoms with Crippen LogP contribution in [0.5, 0.6) is 0 Å². The number of aryl methyl sites for hydroxylation is 1. The highest BCUT2D eigenvalue weighted by atomic mass is 14.3. The SMILES string of the molecule is Cc1ccc2c(c1)Cc1c-2ccc2c1Cc1cc3ccccc3cc1-2. The molecule has 0 amide bonds. The van der Waals surface area contributed by atoms with Gasteiger partial charge in [-0.05, 0) is 81.1 Å². The molecular weight excluding hydrogens is 300 g/mol. The maximum atomic E-state index is 2.39. The van der Waals surface area contributed by atoms with E-state index in [9.17, 15) is 0 Å². The number of benzene rings is 4. The predicted octanol–water partition coefficient (Wildman–Crippen LogP) is 6.29. The van der Waals surface area contributed by atoms with E-state index in [-0.39, 0.29) is 0 Å². The van der Waals surface area contributed by atoms with Crippen molar-refractivity contribution in [2.45, 2.75) is 19.8 Å². The molecule has 0 radical (unpaired) electrons. The van der Waals surface area contributed by atoms with Crippen molar-refractivity contribution in [2.75, 3.05) is 0 Å². The van der Waals surface area contributed by atoms with Crippen molar-refractivity contribution in [2.24, 2.45) is 0 Å². The Balaban J connectivity index is 1.58. The number of hydrogen-bond acceptors (Lipinski definition) is 0. The standard InChI is InChI=1S/C25H18/c1-15-6-7-20-18(10-15)13-24-21(20)8-9-22-23-12-17-5-3-2-4-16(17)11-19(23)14-25(22)24/h2-12H,13-14H2,1H3. The Morgan fingerprint density at radius 1 is 0.560 bits per heavy atom. The third kappa shape index (κ3) is 1.77. The van der Waals surface area contributed by atoms with Crippen LogP contribution in [0.2, 0.25) is 0 Å². The first-order valence-electron chi connectivity index (χ1n) is 9.04. The zero-order valence-corrected chi connectivity index (χ0v) is 14.3. The fourth-order valence-electron chi connectivity index (χ4n) is 4.80. The van der Waals surface area contributed by atoms with Crippen LogP contribution in [0.25, 0.3) is 33.0 Å². The van der Waals surface area contributed by atoms with Gasteiger partial charge in [-0.2, -0.15) is 0 Å². The lowest BCUT2D eigenvalue weighted by atomic mass is 9.96. The number of rotatable bonds is 0. The van der Waals surface area contributed by atoms with Crippen LogP contribution in [-0.4, -0.2) is 0 Å². The van der Waals surface area contributed by atoms with E-state index in [0.29, 0.717) is 0 Å². The maximum Gasteiger partial charge on any atom is -0.00102 e. The third-order valence-electron chi connectivity index (χ3n) is 5.98. The minimum atomic E-state index is 1.08. The lowest BCUT2D eigenvalue weighted by Gasteiger charge is -2.08. The second kappa shape index (κ2) is 4.61. The monoisotopic (exact) mass is 318 g/mol. The molecule has 0 saturated carbocycles. The van der Waals surface area contributed by atoms with Gasteiger partial charge in [-0.25, -0.2) is 0 Å². The summed E-state index contributed by atoms with van der Waals surface area (Å²) in [6.45, 7) is 2.19. The molecule has 25 heavy (non-hydrogen) atoms. The van der Waals surface area contributed by atoms with Crippen molar-refractivity contribution in [3.05, 3.63) is 94.5 Å². The Hall–Kier alpha value is -2.86. The van der Waals surface area contributed by atoms with E-state index in [1.165, 1.54) is 49.7 Å². The molecule has 0 fully saturated rings. The summed E-state index contributed by atoms with van der Waals surface area (Å²) in [5.74, 6) is 0. The van der Waals surface area contributed by atoms with Crippen LogP contribution in [-0.2, 0) is 12.8 Å². The number of hydrogen-bond donors (Lipinski definition) is 0. The van der Waals surface area contributed by atoms with E-state index < -0.39 is 0 Å². The summed E-state index contributed by atoms with van der Waals surface area (Å²) < 4.78 is 0. The fourth-order valence-corrected chi connectivity index (χ4v) is 4.80. The van der Waals surface area contributed by atoms with Gasteiger partial charge in [0.05, 0.1) is 0 Å². The van der Waals surface area contributed by atoms with Gasteiger partial charge in [0.2, 0.25) is 0 Å². The molecule has 0 nitrogen and oxygen atoms in total. The Labute approximate surface area is 147 Å². The summed E-state index contributed by atoms with van der Waals surface area (Å²) in [5.41, 5.74) is 13.2. The maximum absolute atomic E-state index is 2.39. The molecule has 0 heterocycles. The van der Waals surface area contributed by atoms with E-state index in [2.05, 4.69) is 73.7 Å². The van der Waals surface area contributed by atoms with Gasteiger partial charge in [-0.1, -0.05) is 66.2 Å². The second-order valence-corrected chi connectivity index (χ2v) is 7.49.